The van der Waals surface area contributed by atoms with Crippen LogP contribution in [0.15, 0.2) is 4.99 Å². The molecule has 4 nitrogen and oxygen atoms in total. The Kier molecular flexibility index (Phi) is 3.48. The van der Waals surface area contributed by atoms with Gasteiger partial charge in [0.05, 0.1) is 12.1 Å². The highest BCUT2D eigenvalue weighted by molar-refractivity contribution is 8.14. The summed E-state index contributed by atoms with van der Waals surface area (Å²) >= 11 is 1.51. The predicted molar refractivity (Wildman–Crippen MR) is 57.8 cm³/mol. The summed E-state index contributed by atoms with van der Waals surface area (Å²) in [6, 6.07) is 0.153. The number of aliphatic hydroxyl groups is 1. The van der Waals surface area contributed by atoms with E-state index in [-0.39, 0.29) is 17.6 Å². The largest absolute Gasteiger partial charge is 0.388 e. The maximum absolute atomic E-state index is 12.3. The van der Waals surface area contributed by atoms with Crippen LogP contribution in [0.5, 0.6) is 0 Å². The first-order valence-corrected chi connectivity index (χ1v) is 5.94. The number of thioether (sulfide) groups is 1. The van der Waals surface area contributed by atoms with Gasteiger partial charge in [0.1, 0.15) is 18.2 Å². The Hall–Kier alpha value is -0.330. The maximum atomic E-state index is 12.3. The Labute approximate surface area is 92.3 Å². The van der Waals surface area contributed by atoms with E-state index in [2.05, 4.69) is 10.3 Å². The molecule has 86 valence electrons. The van der Waals surface area contributed by atoms with Crippen molar-refractivity contribution in [1.82, 2.24) is 5.32 Å². The highest BCUT2D eigenvalue weighted by Gasteiger charge is 2.39. The lowest BCUT2D eigenvalue weighted by Crippen LogP contribution is -2.41. The average Bonchev–Trinajstić information content (AvgIpc) is 2.69. The molecule has 2 heterocycles. The summed E-state index contributed by atoms with van der Waals surface area (Å²) in [6.45, 7) is -0.744. The minimum atomic E-state index is -0.995. The molecule has 2 aliphatic heterocycles. The quantitative estimate of drug-likeness (QED) is 0.731. The van der Waals surface area contributed by atoms with E-state index in [1.807, 2.05) is 7.05 Å². The molecule has 1 saturated heterocycles. The summed E-state index contributed by atoms with van der Waals surface area (Å²) in [6.07, 6.45) is 0.151. The molecule has 4 atom stereocenters. The second-order valence-corrected chi connectivity index (χ2v) is 4.80. The number of amidine groups is 1. The van der Waals surface area contributed by atoms with Crippen molar-refractivity contribution in [1.29, 1.82) is 0 Å². The minimum absolute atomic E-state index is 0.0626. The molecule has 2 N–H and O–H groups in total. The van der Waals surface area contributed by atoms with Crippen LogP contribution in [0.3, 0.4) is 0 Å². The van der Waals surface area contributed by atoms with Crippen LogP contribution >= 0.6 is 11.8 Å². The Morgan fingerprint density at radius 3 is 3.20 bits per heavy atom. The van der Waals surface area contributed by atoms with E-state index < -0.39 is 12.8 Å². The fourth-order valence-corrected chi connectivity index (χ4v) is 2.92. The number of aliphatic imine (C=N–C) groups is 1. The third-order valence-electron chi connectivity index (χ3n) is 2.68. The van der Waals surface area contributed by atoms with Crippen LogP contribution in [0, 0.1) is 0 Å². The van der Waals surface area contributed by atoms with E-state index in [0.717, 1.165) is 11.6 Å². The minimum Gasteiger partial charge on any atom is -0.388 e. The number of nitrogens with zero attached hydrogens (tertiary/aromatic N) is 1. The smallest absolute Gasteiger partial charge is 0.159 e. The number of ether oxygens (including phenoxy) is 1. The summed E-state index contributed by atoms with van der Waals surface area (Å²) in [4.78, 5) is 4.42. The number of halogens is 1. The van der Waals surface area contributed by atoms with Gasteiger partial charge >= 0.3 is 0 Å². The normalized spacial score (nSPS) is 37.0. The Morgan fingerprint density at radius 1 is 1.73 bits per heavy atom. The molecule has 0 aromatic rings. The first kappa shape index (κ1) is 11.2. The summed E-state index contributed by atoms with van der Waals surface area (Å²) in [5.74, 6) is 0. The lowest BCUT2D eigenvalue weighted by molar-refractivity contribution is -0.0850. The van der Waals surface area contributed by atoms with Crippen LogP contribution in [0.2, 0.25) is 0 Å². The van der Waals surface area contributed by atoms with Crippen molar-refractivity contribution in [2.45, 2.75) is 36.5 Å². The molecule has 0 amide bonds. The van der Waals surface area contributed by atoms with Crippen molar-refractivity contribution in [3.63, 3.8) is 0 Å². The third kappa shape index (κ3) is 2.26. The van der Waals surface area contributed by atoms with Gasteiger partial charge in [-0.15, -0.1) is 0 Å². The number of nitrogens with one attached hydrogen (secondary N) is 1. The van der Waals surface area contributed by atoms with Gasteiger partial charge in [-0.1, -0.05) is 11.8 Å². The molecular formula is C9H15FN2O2S. The third-order valence-corrected chi connectivity index (χ3v) is 3.87. The van der Waals surface area contributed by atoms with Crippen LogP contribution in [0.25, 0.3) is 0 Å². The molecule has 0 radical (unpaired) electrons. The maximum Gasteiger partial charge on any atom is 0.159 e. The molecule has 2 aliphatic rings. The van der Waals surface area contributed by atoms with Gasteiger partial charge in [-0.05, 0) is 12.8 Å². The van der Waals surface area contributed by atoms with E-state index in [9.17, 15) is 9.50 Å². The first-order valence-electron chi connectivity index (χ1n) is 5.06. The Balaban J connectivity index is 1.93. The summed E-state index contributed by atoms with van der Waals surface area (Å²) in [7, 11) is 1.82. The lowest BCUT2D eigenvalue weighted by atomic mass is 10.0. The zero-order valence-electron chi connectivity index (χ0n) is 8.52. The fraction of sp³-hybridized carbons (Fsp3) is 0.889. The highest BCUT2D eigenvalue weighted by Crippen LogP contribution is 2.35. The number of alkyl halides is 1. The molecule has 0 unspecified atom stereocenters. The summed E-state index contributed by atoms with van der Waals surface area (Å²) in [5, 5.41) is 13.2. The van der Waals surface area contributed by atoms with Crippen molar-refractivity contribution in [2.24, 2.45) is 4.99 Å². The van der Waals surface area contributed by atoms with Gasteiger partial charge < -0.3 is 15.2 Å². The van der Waals surface area contributed by atoms with E-state index in [4.69, 9.17) is 4.74 Å². The number of fused-ring (bicyclic) bond motifs is 1. The molecule has 0 saturated carbocycles. The van der Waals surface area contributed by atoms with E-state index in [1.54, 1.807) is 0 Å². The second-order valence-electron chi connectivity index (χ2n) is 3.71. The molecule has 0 aliphatic carbocycles. The van der Waals surface area contributed by atoms with E-state index in [0.29, 0.717) is 6.42 Å². The van der Waals surface area contributed by atoms with Gasteiger partial charge in [0, 0.05) is 7.05 Å². The topological polar surface area (TPSA) is 53.9 Å². The molecule has 2 rings (SSSR count). The molecule has 0 bridgehead atoms. The van der Waals surface area contributed by atoms with Gasteiger partial charge in [0.2, 0.25) is 0 Å². The van der Waals surface area contributed by atoms with Crippen LogP contribution < -0.4 is 5.32 Å². The zero-order valence-corrected chi connectivity index (χ0v) is 9.34. The number of hydrogen-bond donors (Lipinski definition) is 2. The van der Waals surface area contributed by atoms with Gasteiger partial charge in [0.15, 0.2) is 5.17 Å². The van der Waals surface area contributed by atoms with Crippen LogP contribution in [-0.4, -0.2) is 47.7 Å². The van der Waals surface area contributed by atoms with Gasteiger partial charge in [0.25, 0.3) is 0 Å². The molecular weight excluding hydrogens is 219 g/mol. The van der Waals surface area contributed by atoms with Crippen LogP contribution in [0.1, 0.15) is 12.8 Å². The van der Waals surface area contributed by atoms with Crippen molar-refractivity contribution < 1.29 is 14.2 Å². The zero-order chi connectivity index (χ0) is 10.8. The molecule has 15 heavy (non-hydrogen) atoms. The van der Waals surface area contributed by atoms with Crippen molar-refractivity contribution >= 4 is 16.9 Å². The summed E-state index contributed by atoms with van der Waals surface area (Å²) < 4.78 is 17.9. The number of rotatable bonds is 2. The number of aliphatic hydroxyl groups excluding tert-OH is 1. The van der Waals surface area contributed by atoms with Gasteiger partial charge in [-0.25, -0.2) is 4.39 Å². The predicted octanol–water partition coefficient (Wildman–Crippen LogP) is 0.513. The molecule has 1 fully saturated rings. The van der Waals surface area contributed by atoms with Gasteiger partial charge in [-0.3, -0.25) is 4.99 Å². The Morgan fingerprint density at radius 2 is 2.53 bits per heavy atom. The average molecular weight is 234 g/mol. The molecule has 0 spiro atoms. The highest BCUT2D eigenvalue weighted by atomic mass is 32.2. The van der Waals surface area contributed by atoms with Crippen LogP contribution in [0.4, 0.5) is 4.39 Å². The van der Waals surface area contributed by atoms with Crippen LogP contribution in [-0.2, 0) is 4.74 Å². The van der Waals surface area contributed by atoms with Crippen molar-refractivity contribution in [3.05, 3.63) is 0 Å². The monoisotopic (exact) mass is 234 g/mol. The molecule has 0 aromatic carbocycles. The van der Waals surface area contributed by atoms with Crippen molar-refractivity contribution in [2.75, 3.05) is 13.7 Å². The van der Waals surface area contributed by atoms with E-state index in [1.165, 1.54) is 11.8 Å². The SMILES string of the molecule is CNC1=N[C@@H]2CC[C@@H]([C@@H](O)CF)O[C@@H]2S1. The second kappa shape index (κ2) is 4.67. The van der Waals surface area contributed by atoms with Crippen molar-refractivity contribution in [3.8, 4) is 0 Å². The fourth-order valence-electron chi connectivity index (χ4n) is 1.83. The standard InChI is InChI=1S/C9H15FN2O2S/c1-11-9-12-5-2-3-7(6(13)4-10)14-8(5)15-9/h5-8,13H,2-4H2,1H3,(H,11,12)/t5-,6+,7+,8-/m1/s1. The lowest BCUT2D eigenvalue weighted by Gasteiger charge is -2.32. The first-order chi connectivity index (χ1) is 7.24. The molecule has 6 heteroatoms. The Bertz CT molecular complexity index is 264. The van der Waals surface area contributed by atoms with E-state index >= 15 is 0 Å². The summed E-state index contributed by atoms with van der Waals surface area (Å²) in [5.41, 5.74) is -0.0626. The number of hydrogen-bond acceptors (Lipinski definition) is 5. The molecule has 0 aromatic heterocycles. The van der Waals surface area contributed by atoms with Gasteiger partial charge in [-0.2, -0.15) is 0 Å².